The van der Waals surface area contributed by atoms with Gasteiger partial charge in [-0.1, -0.05) is 36.4 Å². The van der Waals surface area contributed by atoms with E-state index in [0.717, 1.165) is 17.5 Å². The van der Waals surface area contributed by atoms with Crippen LogP contribution in [0.15, 0.2) is 54.7 Å². The van der Waals surface area contributed by atoms with Gasteiger partial charge in [-0.15, -0.1) is 0 Å². The molecule has 7 heteroatoms. The second kappa shape index (κ2) is 8.59. The van der Waals surface area contributed by atoms with Crippen LogP contribution >= 0.6 is 0 Å². The minimum absolute atomic E-state index is 0.152. The van der Waals surface area contributed by atoms with Crippen LogP contribution in [0.25, 0.3) is 10.9 Å². The van der Waals surface area contributed by atoms with Crippen molar-refractivity contribution in [3.8, 4) is 0 Å². The van der Waals surface area contributed by atoms with Crippen LogP contribution in [0.3, 0.4) is 0 Å². The molecule has 2 aromatic carbocycles. The molecular formula is C23H25N3O4. The number of esters is 1. The summed E-state index contributed by atoms with van der Waals surface area (Å²) in [5.41, 5.74) is 3.82. The quantitative estimate of drug-likeness (QED) is 0.459. The molecule has 1 amide bonds. The third kappa shape index (κ3) is 3.89. The van der Waals surface area contributed by atoms with Gasteiger partial charge in [0.15, 0.2) is 0 Å². The second-order valence-corrected chi connectivity index (χ2v) is 7.19. The Morgan fingerprint density at radius 1 is 1.13 bits per heavy atom. The lowest BCUT2D eigenvalue weighted by Gasteiger charge is -2.11. The number of hydrogen-bond acceptors (Lipinski definition) is 5. The first-order chi connectivity index (χ1) is 14.6. The van der Waals surface area contributed by atoms with Gasteiger partial charge < -0.3 is 14.5 Å². The van der Waals surface area contributed by atoms with Crippen molar-refractivity contribution in [1.29, 1.82) is 0 Å². The Labute approximate surface area is 175 Å². The Bertz CT molecular complexity index is 1060. The van der Waals surface area contributed by atoms with Gasteiger partial charge in [-0.3, -0.25) is 15.0 Å². The van der Waals surface area contributed by atoms with Gasteiger partial charge in [0, 0.05) is 29.3 Å². The van der Waals surface area contributed by atoms with Crippen LogP contribution in [-0.4, -0.2) is 48.2 Å². The largest absolute Gasteiger partial charge is 0.468 e. The first-order valence-corrected chi connectivity index (χ1v) is 10.0. The van der Waals surface area contributed by atoms with Crippen molar-refractivity contribution in [3.05, 3.63) is 65.9 Å². The normalized spacial score (nSPS) is 20.0. The van der Waals surface area contributed by atoms with Gasteiger partial charge in [0.2, 0.25) is 0 Å². The average molecular weight is 407 g/mol. The summed E-state index contributed by atoms with van der Waals surface area (Å²) in [7, 11) is 1.40. The summed E-state index contributed by atoms with van der Waals surface area (Å²) in [5, 5.41) is 3.97. The number of nitrogens with one attached hydrogen (secondary N) is 2. The van der Waals surface area contributed by atoms with E-state index in [1.165, 1.54) is 18.1 Å². The average Bonchev–Trinajstić information content (AvgIpc) is 3.33. The number of fused-ring (bicyclic) bond motifs is 1. The van der Waals surface area contributed by atoms with Crippen LogP contribution in [0.1, 0.15) is 24.1 Å². The maximum Gasteiger partial charge on any atom is 0.411 e. The lowest BCUT2D eigenvalue weighted by molar-refractivity contribution is -0.140. The Kier molecular flexibility index (Phi) is 5.72. The van der Waals surface area contributed by atoms with E-state index in [9.17, 15) is 9.59 Å². The highest BCUT2D eigenvalue weighted by Gasteiger charge is 2.54. The zero-order chi connectivity index (χ0) is 21.1. The number of aromatic amines is 1. The third-order valence-corrected chi connectivity index (χ3v) is 5.47. The highest BCUT2D eigenvalue weighted by atomic mass is 16.5. The molecule has 3 atom stereocenters. The van der Waals surface area contributed by atoms with Crippen molar-refractivity contribution in [1.82, 2.24) is 9.88 Å². The van der Waals surface area contributed by atoms with Crippen LogP contribution in [0, 0.1) is 0 Å². The number of nitrogens with zero attached hydrogens (tertiary/aromatic N) is 1. The first kappa shape index (κ1) is 20.0. The van der Waals surface area contributed by atoms with E-state index < -0.39 is 6.09 Å². The molecule has 1 saturated heterocycles. The number of methoxy groups -OCH3 is 1. The first-order valence-electron chi connectivity index (χ1n) is 10.0. The molecule has 0 saturated carbocycles. The van der Waals surface area contributed by atoms with Crippen molar-refractivity contribution in [2.24, 2.45) is 0 Å². The number of anilines is 1. The van der Waals surface area contributed by atoms with Crippen molar-refractivity contribution in [2.75, 3.05) is 25.6 Å². The Balaban J connectivity index is 1.54. The fraction of sp³-hybridized carbons (Fsp3) is 0.304. The third-order valence-electron chi connectivity index (χ3n) is 5.47. The Morgan fingerprint density at radius 2 is 1.90 bits per heavy atom. The van der Waals surface area contributed by atoms with Crippen LogP contribution < -0.4 is 5.32 Å². The highest BCUT2D eigenvalue weighted by Crippen LogP contribution is 2.46. The molecule has 0 bridgehead atoms. The van der Waals surface area contributed by atoms with Gasteiger partial charge >= 0.3 is 12.1 Å². The number of aromatic nitrogens is 1. The van der Waals surface area contributed by atoms with Gasteiger partial charge in [-0.2, -0.15) is 0 Å². The summed E-state index contributed by atoms with van der Waals surface area (Å²) in [6, 6.07) is 15.1. The predicted molar refractivity (Wildman–Crippen MR) is 114 cm³/mol. The summed E-state index contributed by atoms with van der Waals surface area (Å²) < 4.78 is 10.0. The molecule has 0 spiro atoms. The van der Waals surface area contributed by atoms with Gasteiger partial charge in [-0.25, -0.2) is 4.79 Å². The van der Waals surface area contributed by atoms with Crippen LogP contribution in [0.5, 0.6) is 0 Å². The second-order valence-electron chi connectivity index (χ2n) is 7.19. The zero-order valence-electron chi connectivity index (χ0n) is 17.1. The van der Waals surface area contributed by atoms with E-state index in [2.05, 4.69) is 21.3 Å². The molecule has 4 rings (SSSR count). The van der Waals surface area contributed by atoms with Crippen LogP contribution in [0.4, 0.5) is 10.5 Å². The number of para-hydroxylation sites is 2. The van der Waals surface area contributed by atoms with Crippen molar-refractivity contribution < 1.29 is 19.1 Å². The van der Waals surface area contributed by atoms with E-state index in [0.29, 0.717) is 18.8 Å². The van der Waals surface area contributed by atoms with Crippen LogP contribution in [-0.2, 0) is 20.7 Å². The van der Waals surface area contributed by atoms with Gasteiger partial charge in [0.25, 0.3) is 0 Å². The number of carbonyl (C=O) groups excluding carboxylic acids is 2. The standard InChI is InChI=1S/C23H25N3O4/c1-3-30-23(28)25-19-11-7-5-9-17(19)20-21(22(27)29-2)26(20)13-12-15-14-24-18-10-6-4-8-16(15)18/h4-11,14,20-21,24H,3,12-13H2,1-2H3,(H,25,28)/t20-,21+,26?/m0/s1. The summed E-state index contributed by atoms with van der Waals surface area (Å²) in [6.07, 6.45) is 2.30. The van der Waals surface area contributed by atoms with E-state index in [1.807, 2.05) is 48.7 Å². The molecule has 3 aromatic rings. The molecular weight excluding hydrogens is 382 g/mol. The molecule has 1 unspecified atom stereocenters. The van der Waals surface area contributed by atoms with Crippen molar-refractivity contribution in [3.63, 3.8) is 0 Å². The molecule has 30 heavy (non-hydrogen) atoms. The summed E-state index contributed by atoms with van der Waals surface area (Å²) in [6.45, 7) is 2.74. The minimum atomic E-state index is -0.509. The van der Waals surface area contributed by atoms with Gasteiger partial charge in [-0.05, 0) is 36.6 Å². The van der Waals surface area contributed by atoms with E-state index in [1.54, 1.807) is 6.92 Å². The van der Waals surface area contributed by atoms with Crippen molar-refractivity contribution >= 4 is 28.7 Å². The molecule has 1 aromatic heterocycles. The maximum absolute atomic E-state index is 12.4. The minimum Gasteiger partial charge on any atom is -0.468 e. The number of H-pyrrole nitrogens is 1. The Hall–Kier alpha value is -3.32. The zero-order valence-corrected chi connectivity index (χ0v) is 17.1. The summed E-state index contributed by atoms with van der Waals surface area (Å²) in [5.74, 6) is -0.273. The fourth-order valence-corrected chi connectivity index (χ4v) is 4.02. The van der Waals surface area contributed by atoms with E-state index in [-0.39, 0.29) is 18.1 Å². The van der Waals surface area contributed by atoms with Gasteiger partial charge in [0.05, 0.1) is 19.8 Å². The molecule has 2 N–H and O–H groups in total. The number of amides is 1. The number of ether oxygens (including phenoxy) is 2. The molecule has 1 aliphatic heterocycles. The topological polar surface area (TPSA) is 83.4 Å². The van der Waals surface area contributed by atoms with E-state index in [4.69, 9.17) is 9.47 Å². The van der Waals surface area contributed by atoms with Crippen molar-refractivity contribution in [2.45, 2.75) is 25.4 Å². The SMILES string of the molecule is CCOC(=O)Nc1ccccc1[C@H]1[C@H](C(=O)OC)N1CCc1c[nH]c2ccccc12. The maximum atomic E-state index is 12.4. The lowest BCUT2D eigenvalue weighted by atomic mass is 10.1. The molecule has 1 fully saturated rings. The fourth-order valence-electron chi connectivity index (χ4n) is 4.02. The van der Waals surface area contributed by atoms with E-state index >= 15 is 0 Å². The molecule has 0 aliphatic carbocycles. The summed E-state index contributed by atoms with van der Waals surface area (Å²) >= 11 is 0. The Morgan fingerprint density at radius 3 is 2.70 bits per heavy atom. The number of carbonyl (C=O) groups is 2. The molecule has 0 radical (unpaired) electrons. The number of benzene rings is 2. The molecule has 1 aliphatic rings. The van der Waals surface area contributed by atoms with Crippen LogP contribution in [0.2, 0.25) is 0 Å². The number of rotatable bonds is 7. The summed E-state index contributed by atoms with van der Waals surface area (Å²) in [4.78, 5) is 29.7. The smallest absolute Gasteiger partial charge is 0.411 e. The lowest BCUT2D eigenvalue weighted by Crippen LogP contribution is -2.16. The highest BCUT2D eigenvalue weighted by molar-refractivity contribution is 5.87. The monoisotopic (exact) mass is 407 g/mol. The molecule has 2 heterocycles. The predicted octanol–water partition coefficient (Wildman–Crippen LogP) is 3.88. The number of hydrogen-bond donors (Lipinski definition) is 2. The molecule has 156 valence electrons. The molecule has 7 nitrogen and oxygen atoms in total. The van der Waals surface area contributed by atoms with Gasteiger partial charge in [0.1, 0.15) is 6.04 Å².